The standard InChI is InChI=1S/C33H45NO2S3Si/c1-9-10-11-12-13-14-15-16-17-19(2)18-34-32(35)24-23(6)38-27(25(24)33(34)36)26-21(4)31-29(39-26)28-30(40(31,7)8)20(3)22(5)37-28/h19H,9-18H2,1-8H3. The number of thiophene rings is 3. The summed E-state index contributed by atoms with van der Waals surface area (Å²) < 4.78 is 0. The zero-order valence-electron chi connectivity index (χ0n) is 25.6. The highest BCUT2D eigenvalue weighted by atomic mass is 32.1. The molecule has 1 atom stereocenters. The summed E-state index contributed by atoms with van der Waals surface area (Å²) in [6.45, 7) is 18.8. The molecule has 216 valence electrons. The second-order valence-corrected chi connectivity index (χ2v) is 20.4. The molecule has 0 aromatic carbocycles. The zero-order chi connectivity index (χ0) is 28.9. The van der Waals surface area contributed by atoms with Crippen molar-refractivity contribution in [2.45, 2.75) is 112 Å². The van der Waals surface area contributed by atoms with E-state index in [0.29, 0.717) is 23.6 Å². The third-order valence-electron chi connectivity index (χ3n) is 9.24. The molecule has 0 saturated carbocycles. The molecule has 5 rings (SSSR count). The Morgan fingerprint density at radius 2 is 1.23 bits per heavy atom. The molecule has 0 radical (unpaired) electrons. The highest BCUT2D eigenvalue weighted by molar-refractivity contribution is 7.32. The highest BCUT2D eigenvalue weighted by Crippen LogP contribution is 2.50. The normalized spacial score (nSPS) is 16.1. The lowest BCUT2D eigenvalue weighted by atomic mass is 10.0. The number of carbonyl (C=O) groups is 2. The largest absolute Gasteiger partial charge is 0.274 e. The molecule has 5 heterocycles. The average molecular weight is 612 g/mol. The molecule has 0 fully saturated rings. The van der Waals surface area contributed by atoms with Crippen molar-refractivity contribution in [3.05, 3.63) is 32.0 Å². The van der Waals surface area contributed by atoms with Crippen molar-refractivity contribution in [1.29, 1.82) is 0 Å². The SMILES string of the molecule is CCCCCCCCCCC(C)CN1C(=O)c2c(C)sc(-c3sc4c(c3C)[Si](C)(C)c3c-4sc(C)c3C)c2C1=O. The molecule has 2 aliphatic heterocycles. The predicted molar refractivity (Wildman–Crippen MR) is 178 cm³/mol. The number of fused-ring (bicyclic) bond motifs is 4. The molecule has 0 bridgehead atoms. The second kappa shape index (κ2) is 11.6. The lowest BCUT2D eigenvalue weighted by Gasteiger charge is -2.21. The van der Waals surface area contributed by atoms with Gasteiger partial charge in [0.2, 0.25) is 0 Å². The smallest absolute Gasteiger partial charge is 0.263 e. The van der Waals surface area contributed by atoms with Gasteiger partial charge >= 0.3 is 0 Å². The fourth-order valence-electron chi connectivity index (χ4n) is 7.03. The van der Waals surface area contributed by atoms with Gasteiger partial charge in [0.25, 0.3) is 11.8 Å². The van der Waals surface area contributed by atoms with Gasteiger partial charge in [-0.1, -0.05) is 78.3 Å². The van der Waals surface area contributed by atoms with E-state index in [1.807, 2.05) is 29.6 Å². The van der Waals surface area contributed by atoms with E-state index < -0.39 is 8.07 Å². The van der Waals surface area contributed by atoms with Crippen LogP contribution in [-0.4, -0.2) is 31.3 Å². The molecule has 1 unspecified atom stereocenters. The molecule has 0 spiro atoms. The van der Waals surface area contributed by atoms with Crippen LogP contribution in [0.4, 0.5) is 0 Å². The predicted octanol–water partition coefficient (Wildman–Crippen LogP) is 9.34. The maximum absolute atomic E-state index is 13.8. The van der Waals surface area contributed by atoms with E-state index in [1.54, 1.807) is 26.6 Å². The van der Waals surface area contributed by atoms with Gasteiger partial charge in [-0.15, -0.1) is 34.0 Å². The lowest BCUT2D eigenvalue weighted by molar-refractivity contribution is 0.0629. The van der Waals surface area contributed by atoms with Crippen LogP contribution < -0.4 is 10.4 Å². The van der Waals surface area contributed by atoms with E-state index in [4.69, 9.17) is 0 Å². The number of aryl methyl sites for hydroxylation is 2. The minimum Gasteiger partial charge on any atom is -0.274 e. The summed E-state index contributed by atoms with van der Waals surface area (Å²) in [4.78, 5) is 36.5. The van der Waals surface area contributed by atoms with Crippen LogP contribution in [0.25, 0.3) is 19.5 Å². The number of imide groups is 1. The first-order valence-electron chi connectivity index (χ1n) is 15.2. The summed E-state index contributed by atoms with van der Waals surface area (Å²) in [5.41, 5.74) is 4.15. The van der Waals surface area contributed by atoms with E-state index >= 15 is 0 Å². The van der Waals surface area contributed by atoms with Crippen LogP contribution in [0.2, 0.25) is 13.1 Å². The van der Waals surface area contributed by atoms with Gasteiger partial charge in [0.1, 0.15) is 8.07 Å². The summed E-state index contributed by atoms with van der Waals surface area (Å²) in [6, 6.07) is 0. The van der Waals surface area contributed by atoms with Crippen LogP contribution in [0.5, 0.6) is 0 Å². The molecule has 2 aliphatic rings. The van der Waals surface area contributed by atoms with Crippen LogP contribution >= 0.6 is 34.0 Å². The molecule has 3 nitrogen and oxygen atoms in total. The Labute approximate surface area is 254 Å². The van der Waals surface area contributed by atoms with Crippen LogP contribution in [0.3, 0.4) is 0 Å². The van der Waals surface area contributed by atoms with Gasteiger partial charge in [-0.25, -0.2) is 0 Å². The number of unbranched alkanes of at least 4 members (excludes halogenated alkanes) is 7. The van der Waals surface area contributed by atoms with E-state index in [2.05, 4.69) is 47.7 Å². The summed E-state index contributed by atoms with van der Waals surface area (Å²) in [5, 5.41) is 3.16. The molecule has 40 heavy (non-hydrogen) atoms. The molecular weight excluding hydrogens is 567 g/mol. The molecule has 3 aromatic heterocycles. The molecule has 3 aromatic rings. The minimum absolute atomic E-state index is 0.0740. The molecule has 2 amide bonds. The summed E-state index contributed by atoms with van der Waals surface area (Å²) in [5.74, 6) is 0.174. The monoisotopic (exact) mass is 611 g/mol. The molecule has 7 heteroatoms. The Balaban J connectivity index is 1.33. The third-order valence-corrected chi connectivity index (χ3v) is 17.3. The Morgan fingerprint density at radius 1 is 0.675 bits per heavy atom. The van der Waals surface area contributed by atoms with Gasteiger partial charge in [-0.05, 0) is 61.5 Å². The van der Waals surface area contributed by atoms with Crippen molar-refractivity contribution in [1.82, 2.24) is 4.90 Å². The van der Waals surface area contributed by atoms with Gasteiger partial charge in [-0.3, -0.25) is 14.5 Å². The first-order valence-corrected chi connectivity index (χ1v) is 20.7. The van der Waals surface area contributed by atoms with Gasteiger partial charge in [0.15, 0.2) is 0 Å². The summed E-state index contributed by atoms with van der Waals surface area (Å²) in [7, 11) is -1.81. The number of hydrogen-bond acceptors (Lipinski definition) is 5. The second-order valence-electron chi connectivity index (χ2n) is 12.7. The maximum Gasteiger partial charge on any atom is 0.263 e. The van der Waals surface area contributed by atoms with Gasteiger partial charge in [0.05, 0.1) is 16.0 Å². The zero-order valence-corrected chi connectivity index (χ0v) is 29.1. The van der Waals surface area contributed by atoms with Crippen molar-refractivity contribution in [3.63, 3.8) is 0 Å². The fraction of sp³-hybridized carbons (Fsp3) is 0.576. The van der Waals surface area contributed by atoms with Crippen molar-refractivity contribution < 1.29 is 9.59 Å². The Hall–Kier alpha value is -1.54. The van der Waals surface area contributed by atoms with E-state index in [-0.39, 0.29) is 11.8 Å². The van der Waals surface area contributed by atoms with Crippen LogP contribution in [0.1, 0.15) is 113 Å². The molecule has 0 saturated heterocycles. The third kappa shape index (κ3) is 4.93. The maximum atomic E-state index is 13.8. The van der Waals surface area contributed by atoms with Crippen molar-refractivity contribution in [2.75, 3.05) is 6.54 Å². The van der Waals surface area contributed by atoms with Crippen LogP contribution in [-0.2, 0) is 0 Å². The first-order chi connectivity index (χ1) is 19.0. The molecule has 0 N–H and O–H groups in total. The van der Waals surface area contributed by atoms with Crippen molar-refractivity contribution >= 4 is 64.3 Å². The minimum atomic E-state index is -1.81. The number of hydrogen-bond donors (Lipinski definition) is 0. The lowest BCUT2D eigenvalue weighted by Crippen LogP contribution is -2.50. The Bertz CT molecular complexity index is 1460. The van der Waals surface area contributed by atoms with Crippen molar-refractivity contribution in [2.24, 2.45) is 5.92 Å². The van der Waals surface area contributed by atoms with E-state index in [0.717, 1.165) is 16.2 Å². The quantitative estimate of drug-likeness (QED) is 0.116. The molecular formula is C33H45NO2S3Si. The Kier molecular flexibility index (Phi) is 8.69. The number of nitrogens with zero attached hydrogens (tertiary/aromatic N) is 1. The van der Waals surface area contributed by atoms with E-state index in [9.17, 15) is 9.59 Å². The van der Waals surface area contributed by atoms with Gasteiger partial charge < -0.3 is 0 Å². The topological polar surface area (TPSA) is 37.4 Å². The number of rotatable bonds is 12. The summed E-state index contributed by atoms with van der Waals surface area (Å²) in [6.07, 6.45) is 11.5. The van der Waals surface area contributed by atoms with E-state index in [1.165, 1.54) is 82.0 Å². The number of carbonyl (C=O) groups excluding carboxylic acids is 2. The molecule has 0 aliphatic carbocycles. The number of amides is 2. The van der Waals surface area contributed by atoms with Gasteiger partial charge in [-0.2, -0.15) is 0 Å². The van der Waals surface area contributed by atoms with Crippen LogP contribution in [0, 0.1) is 33.6 Å². The first kappa shape index (κ1) is 29.9. The summed E-state index contributed by atoms with van der Waals surface area (Å²) >= 11 is 5.44. The Morgan fingerprint density at radius 3 is 1.90 bits per heavy atom. The fourth-order valence-corrected chi connectivity index (χ4v) is 16.8. The van der Waals surface area contributed by atoms with Gasteiger partial charge in [0, 0.05) is 30.9 Å². The highest BCUT2D eigenvalue weighted by Gasteiger charge is 2.46. The van der Waals surface area contributed by atoms with Crippen LogP contribution in [0.15, 0.2) is 0 Å². The average Bonchev–Trinajstić information content (AvgIpc) is 3.63. The van der Waals surface area contributed by atoms with Crippen molar-refractivity contribution in [3.8, 4) is 19.5 Å².